The van der Waals surface area contributed by atoms with Crippen LogP contribution < -0.4 is 10.6 Å². The van der Waals surface area contributed by atoms with Crippen LogP contribution in [0.5, 0.6) is 0 Å². The van der Waals surface area contributed by atoms with Gasteiger partial charge in [0, 0.05) is 6.20 Å². The standard InChI is InChI=1S/C9H13N3/c1-6(2)7-3-8-9(10-4-7)12-5-11-8/h3-6,9-10H,1-2H3,(H,11,12). The van der Waals surface area contributed by atoms with Crippen LogP contribution in [0.2, 0.25) is 0 Å². The van der Waals surface area contributed by atoms with E-state index in [2.05, 4.69) is 35.5 Å². The van der Waals surface area contributed by atoms with Crippen LogP contribution in [0, 0.1) is 5.92 Å². The maximum Gasteiger partial charge on any atom is 0.160 e. The first-order chi connectivity index (χ1) is 5.77. The van der Waals surface area contributed by atoms with E-state index in [1.165, 1.54) is 5.57 Å². The summed E-state index contributed by atoms with van der Waals surface area (Å²) in [6, 6.07) is 0. The zero-order valence-corrected chi connectivity index (χ0v) is 7.33. The second kappa shape index (κ2) is 2.66. The van der Waals surface area contributed by atoms with E-state index in [9.17, 15) is 0 Å². The van der Waals surface area contributed by atoms with Crippen LogP contribution in [0.4, 0.5) is 0 Å². The summed E-state index contributed by atoms with van der Waals surface area (Å²) in [7, 11) is 0. The van der Waals surface area contributed by atoms with E-state index in [4.69, 9.17) is 0 Å². The van der Waals surface area contributed by atoms with Crippen molar-refractivity contribution in [2.24, 2.45) is 10.9 Å². The Morgan fingerprint density at radius 1 is 1.50 bits per heavy atom. The SMILES string of the molecule is CC(C)C1=CNC2N=CNC2=C1. The molecule has 3 heteroatoms. The Morgan fingerprint density at radius 3 is 3.08 bits per heavy atom. The lowest BCUT2D eigenvalue weighted by atomic mass is 10.0. The fourth-order valence-electron chi connectivity index (χ4n) is 1.33. The summed E-state index contributed by atoms with van der Waals surface area (Å²) in [4.78, 5) is 4.19. The first-order valence-corrected chi connectivity index (χ1v) is 4.23. The molecule has 1 atom stereocenters. The number of hydrogen-bond acceptors (Lipinski definition) is 3. The van der Waals surface area contributed by atoms with Crippen molar-refractivity contribution in [3.63, 3.8) is 0 Å². The Labute approximate surface area is 72.3 Å². The van der Waals surface area contributed by atoms with Crippen molar-refractivity contribution in [3.05, 3.63) is 23.5 Å². The molecule has 0 saturated heterocycles. The molecule has 3 nitrogen and oxygen atoms in total. The number of allylic oxidation sites excluding steroid dienone is 2. The molecule has 0 spiro atoms. The molecule has 1 unspecified atom stereocenters. The van der Waals surface area contributed by atoms with Crippen LogP contribution in [0.15, 0.2) is 28.5 Å². The highest BCUT2D eigenvalue weighted by molar-refractivity contribution is 5.63. The average molecular weight is 163 g/mol. The number of fused-ring (bicyclic) bond motifs is 1. The molecular formula is C9H13N3. The Balaban J connectivity index is 2.20. The summed E-state index contributed by atoms with van der Waals surface area (Å²) >= 11 is 0. The Bertz CT molecular complexity index is 273. The molecule has 0 fully saturated rings. The molecule has 0 aromatic rings. The Morgan fingerprint density at radius 2 is 2.33 bits per heavy atom. The molecule has 0 saturated carbocycles. The van der Waals surface area contributed by atoms with Gasteiger partial charge in [0.15, 0.2) is 6.17 Å². The van der Waals surface area contributed by atoms with Crippen molar-refractivity contribution >= 4 is 6.34 Å². The van der Waals surface area contributed by atoms with Crippen LogP contribution in [-0.4, -0.2) is 12.5 Å². The maximum absolute atomic E-state index is 4.19. The number of rotatable bonds is 1. The third kappa shape index (κ3) is 1.11. The van der Waals surface area contributed by atoms with E-state index in [0.717, 1.165) is 5.70 Å². The second-order valence-electron chi connectivity index (χ2n) is 3.39. The lowest BCUT2D eigenvalue weighted by molar-refractivity contribution is 0.663. The lowest BCUT2D eigenvalue weighted by Gasteiger charge is -2.19. The van der Waals surface area contributed by atoms with Crippen molar-refractivity contribution < 1.29 is 0 Å². The fraction of sp³-hybridized carbons (Fsp3) is 0.444. The molecule has 12 heavy (non-hydrogen) atoms. The van der Waals surface area contributed by atoms with Crippen molar-refractivity contribution in [2.75, 3.05) is 0 Å². The Hall–Kier alpha value is -1.25. The second-order valence-corrected chi connectivity index (χ2v) is 3.39. The van der Waals surface area contributed by atoms with Crippen LogP contribution in [0.1, 0.15) is 13.8 Å². The van der Waals surface area contributed by atoms with Crippen LogP contribution in [-0.2, 0) is 0 Å². The van der Waals surface area contributed by atoms with Gasteiger partial charge in [-0.2, -0.15) is 0 Å². The molecule has 2 heterocycles. The minimum Gasteiger partial charge on any atom is -0.365 e. The number of hydrogen-bond donors (Lipinski definition) is 2. The smallest absolute Gasteiger partial charge is 0.160 e. The molecule has 0 bridgehead atoms. The first-order valence-electron chi connectivity index (χ1n) is 4.23. The van der Waals surface area contributed by atoms with Gasteiger partial charge < -0.3 is 10.6 Å². The fourth-order valence-corrected chi connectivity index (χ4v) is 1.33. The van der Waals surface area contributed by atoms with Gasteiger partial charge in [0.05, 0.1) is 12.0 Å². The lowest BCUT2D eigenvalue weighted by Crippen LogP contribution is -2.29. The molecule has 0 aliphatic carbocycles. The molecule has 0 aromatic heterocycles. The molecule has 2 N–H and O–H groups in total. The van der Waals surface area contributed by atoms with Gasteiger partial charge in [0.1, 0.15) is 0 Å². The summed E-state index contributed by atoms with van der Waals surface area (Å²) < 4.78 is 0. The summed E-state index contributed by atoms with van der Waals surface area (Å²) in [6.45, 7) is 4.36. The van der Waals surface area contributed by atoms with Gasteiger partial charge in [-0.1, -0.05) is 13.8 Å². The summed E-state index contributed by atoms with van der Waals surface area (Å²) in [5.74, 6) is 0.563. The van der Waals surface area contributed by atoms with E-state index < -0.39 is 0 Å². The third-order valence-corrected chi connectivity index (χ3v) is 2.15. The molecule has 0 radical (unpaired) electrons. The van der Waals surface area contributed by atoms with Crippen molar-refractivity contribution in [3.8, 4) is 0 Å². The van der Waals surface area contributed by atoms with E-state index >= 15 is 0 Å². The van der Waals surface area contributed by atoms with Crippen molar-refractivity contribution in [1.29, 1.82) is 0 Å². The highest BCUT2D eigenvalue weighted by Crippen LogP contribution is 2.19. The van der Waals surface area contributed by atoms with Gasteiger partial charge >= 0.3 is 0 Å². The molecule has 0 aromatic carbocycles. The summed E-state index contributed by atoms with van der Waals surface area (Å²) in [5.41, 5.74) is 2.47. The summed E-state index contributed by atoms with van der Waals surface area (Å²) in [5, 5.41) is 6.33. The van der Waals surface area contributed by atoms with Gasteiger partial charge in [-0.25, -0.2) is 4.99 Å². The molecule has 2 aliphatic rings. The highest BCUT2D eigenvalue weighted by Gasteiger charge is 2.19. The van der Waals surface area contributed by atoms with Gasteiger partial charge in [0.25, 0.3) is 0 Å². The number of nitrogens with zero attached hydrogens (tertiary/aromatic N) is 1. The van der Waals surface area contributed by atoms with E-state index in [0.29, 0.717) is 5.92 Å². The minimum absolute atomic E-state index is 0.132. The van der Waals surface area contributed by atoms with E-state index in [1.54, 1.807) is 6.34 Å². The van der Waals surface area contributed by atoms with E-state index in [-0.39, 0.29) is 6.17 Å². The van der Waals surface area contributed by atoms with Gasteiger partial charge in [-0.15, -0.1) is 0 Å². The van der Waals surface area contributed by atoms with Crippen LogP contribution >= 0.6 is 0 Å². The zero-order chi connectivity index (χ0) is 8.55. The normalized spacial score (nSPS) is 25.8. The van der Waals surface area contributed by atoms with Crippen LogP contribution in [0.3, 0.4) is 0 Å². The average Bonchev–Trinajstić information content (AvgIpc) is 2.49. The number of aliphatic imine (C=N–C) groups is 1. The van der Waals surface area contributed by atoms with Gasteiger partial charge in [0.2, 0.25) is 0 Å². The predicted octanol–water partition coefficient (Wildman–Crippen LogP) is 0.971. The number of nitrogens with one attached hydrogen (secondary N) is 2. The predicted molar refractivity (Wildman–Crippen MR) is 49.6 cm³/mol. The first kappa shape index (κ1) is 7.40. The maximum atomic E-state index is 4.19. The van der Waals surface area contributed by atoms with Crippen molar-refractivity contribution in [2.45, 2.75) is 20.0 Å². The third-order valence-electron chi connectivity index (χ3n) is 2.15. The largest absolute Gasteiger partial charge is 0.365 e. The van der Waals surface area contributed by atoms with Gasteiger partial charge in [-0.3, -0.25) is 0 Å². The van der Waals surface area contributed by atoms with E-state index in [1.807, 2.05) is 6.20 Å². The quantitative estimate of drug-likeness (QED) is 0.604. The Kier molecular flexibility index (Phi) is 1.64. The molecule has 2 rings (SSSR count). The molecule has 64 valence electrons. The zero-order valence-electron chi connectivity index (χ0n) is 7.33. The molecular weight excluding hydrogens is 150 g/mol. The van der Waals surface area contributed by atoms with Crippen LogP contribution in [0.25, 0.3) is 0 Å². The molecule has 2 aliphatic heterocycles. The minimum atomic E-state index is 0.132. The van der Waals surface area contributed by atoms with Crippen molar-refractivity contribution in [1.82, 2.24) is 10.6 Å². The summed E-state index contributed by atoms with van der Waals surface area (Å²) in [6.07, 6.45) is 6.08. The topological polar surface area (TPSA) is 36.4 Å². The molecule has 0 amide bonds. The van der Waals surface area contributed by atoms with Gasteiger partial charge in [-0.05, 0) is 17.6 Å². The number of dihydropyridines is 1. The highest BCUT2D eigenvalue weighted by atomic mass is 15.2. The monoisotopic (exact) mass is 163 g/mol.